The summed E-state index contributed by atoms with van der Waals surface area (Å²) in [6.45, 7) is 4.83. The SMILES string of the molecule is CCNc1nc(-c2nnc(-c3ccc(C)cc3)o2)nc2ccccc12. The quantitative estimate of drug-likeness (QED) is 0.607. The molecule has 1 N–H and O–H groups in total. The van der Waals surface area contributed by atoms with Crippen LogP contribution in [0, 0.1) is 6.92 Å². The third-order valence-corrected chi connectivity index (χ3v) is 3.86. The summed E-state index contributed by atoms with van der Waals surface area (Å²) in [7, 11) is 0. The van der Waals surface area contributed by atoms with E-state index in [1.165, 1.54) is 5.56 Å². The maximum Gasteiger partial charge on any atom is 0.286 e. The van der Waals surface area contributed by atoms with E-state index in [4.69, 9.17) is 4.42 Å². The summed E-state index contributed by atoms with van der Waals surface area (Å²) in [5.41, 5.74) is 2.88. The topological polar surface area (TPSA) is 76.7 Å². The van der Waals surface area contributed by atoms with Gasteiger partial charge >= 0.3 is 0 Å². The standard InChI is InChI=1S/C19H17N5O/c1-3-20-16-14-6-4-5-7-15(14)21-17(22-16)19-24-23-18(25-19)13-10-8-12(2)9-11-13/h4-11H,3H2,1-2H3,(H,20,21,22). The maximum atomic E-state index is 5.80. The van der Waals surface area contributed by atoms with E-state index in [-0.39, 0.29) is 0 Å². The Morgan fingerprint density at radius 1 is 0.920 bits per heavy atom. The Kier molecular flexibility index (Phi) is 3.85. The molecule has 2 aromatic carbocycles. The van der Waals surface area contributed by atoms with Crippen molar-refractivity contribution < 1.29 is 4.42 Å². The molecular weight excluding hydrogens is 314 g/mol. The smallest absolute Gasteiger partial charge is 0.286 e. The zero-order chi connectivity index (χ0) is 17.2. The van der Waals surface area contributed by atoms with Crippen LogP contribution < -0.4 is 5.32 Å². The number of aryl methyl sites for hydroxylation is 1. The van der Waals surface area contributed by atoms with E-state index in [1.807, 2.05) is 62.4 Å². The number of nitrogens with one attached hydrogen (secondary N) is 1. The van der Waals surface area contributed by atoms with Crippen LogP contribution in [0.5, 0.6) is 0 Å². The van der Waals surface area contributed by atoms with Crippen molar-refractivity contribution in [2.75, 3.05) is 11.9 Å². The highest BCUT2D eigenvalue weighted by molar-refractivity contribution is 5.90. The fourth-order valence-electron chi connectivity index (χ4n) is 2.60. The molecule has 0 radical (unpaired) electrons. The number of benzene rings is 2. The second-order valence-corrected chi connectivity index (χ2v) is 5.72. The van der Waals surface area contributed by atoms with Crippen LogP contribution in [-0.4, -0.2) is 26.7 Å². The third-order valence-electron chi connectivity index (χ3n) is 3.86. The van der Waals surface area contributed by atoms with E-state index < -0.39 is 0 Å². The van der Waals surface area contributed by atoms with Gasteiger partial charge in [-0.05, 0) is 38.1 Å². The van der Waals surface area contributed by atoms with Gasteiger partial charge in [0.2, 0.25) is 11.7 Å². The number of hydrogen-bond acceptors (Lipinski definition) is 6. The average molecular weight is 331 g/mol. The van der Waals surface area contributed by atoms with Gasteiger partial charge in [0.15, 0.2) is 0 Å². The Morgan fingerprint density at radius 2 is 1.68 bits per heavy atom. The van der Waals surface area contributed by atoms with Gasteiger partial charge in [-0.3, -0.25) is 0 Å². The molecule has 0 aliphatic heterocycles. The summed E-state index contributed by atoms with van der Waals surface area (Å²) in [4.78, 5) is 9.13. The highest BCUT2D eigenvalue weighted by atomic mass is 16.4. The summed E-state index contributed by atoms with van der Waals surface area (Å²) in [5, 5.41) is 12.5. The van der Waals surface area contributed by atoms with Crippen molar-refractivity contribution in [1.29, 1.82) is 0 Å². The van der Waals surface area contributed by atoms with Crippen LogP contribution in [0.4, 0.5) is 5.82 Å². The van der Waals surface area contributed by atoms with Crippen LogP contribution >= 0.6 is 0 Å². The van der Waals surface area contributed by atoms with Gasteiger partial charge in [-0.1, -0.05) is 29.8 Å². The molecule has 124 valence electrons. The lowest BCUT2D eigenvalue weighted by molar-refractivity contribution is 0.579. The fraction of sp³-hybridized carbons (Fsp3) is 0.158. The molecule has 6 heteroatoms. The molecule has 25 heavy (non-hydrogen) atoms. The first-order valence-electron chi connectivity index (χ1n) is 8.16. The molecule has 6 nitrogen and oxygen atoms in total. The van der Waals surface area contributed by atoms with E-state index in [0.29, 0.717) is 17.6 Å². The van der Waals surface area contributed by atoms with Gasteiger partial charge in [-0.15, -0.1) is 10.2 Å². The first kappa shape index (κ1) is 15.3. The largest absolute Gasteiger partial charge is 0.413 e. The molecule has 4 rings (SSSR count). The number of aromatic nitrogens is 4. The van der Waals surface area contributed by atoms with Crippen LogP contribution in [0.1, 0.15) is 12.5 Å². The zero-order valence-electron chi connectivity index (χ0n) is 14.0. The molecular formula is C19H17N5O. The molecule has 0 saturated carbocycles. The second-order valence-electron chi connectivity index (χ2n) is 5.72. The minimum absolute atomic E-state index is 0.306. The molecule has 0 unspecified atom stereocenters. The van der Waals surface area contributed by atoms with Gasteiger partial charge in [-0.25, -0.2) is 9.97 Å². The number of nitrogens with zero attached hydrogens (tertiary/aromatic N) is 4. The fourth-order valence-corrected chi connectivity index (χ4v) is 2.60. The number of para-hydroxylation sites is 1. The molecule has 4 aromatic rings. The number of fused-ring (bicyclic) bond motifs is 1. The van der Waals surface area contributed by atoms with Gasteiger partial charge in [0.25, 0.3) is 5.89 Å². The Bertz CT molecular complexity index is 1020. The first-order chi connectivity index (χ1) is 12.2. The van der Waals surface area contributed by atoms with Crippen LogP contribution in [0.2, 0.25) is 0 Å². The zero-order valence-corrected chi connectivity index (χ0v) is 14.0. The van der Waals surface area contributed by atoms with E-state index in [1.54, 1.807) is 0 Å². The third kappa shape index (κ3) is 2.94. The van der Waals surface area contributed by atoms with Gasteiger partial charge in [0.1, 0.15) is 5.82 Å². The summed E-state index contributed by atoms with van der Waals surface area (Å²) < 4.78 is 5.80. The summed E-state index contributed by atoms with van der Waals surface area (Å²) in [6.07, 6.45) is 0. The van der Waals surface area contributed by atoms with Gasteiger partial charge in [0, 0.05) is 17.5 Å². The molecule has 0 atom stereocenters. The predicted molar refractivity (Wildman–Crippen MR) is 97.2 cm³/mol. The minimum atomic E-state index is 0.306. The lowest BCUT2D eigenvalue weighted by atomic mass is 10.1. The van der Waals surface area contributed by atoms with Crippen LogP contribution in [0.15, 0.2) is 52.9 Å². The van der Waals surface area contributed by atoms with Gasteiger partial charge < -0.3 is 9.73 Å². The molecule has 0 amide bonds. The normalized spacial score (nSPS) is 11.0. The second kappa shape index (κ2) is 6.32. The molecule has 0 fully saturated rings. The number of rotatable bonds is 4. The van der Waals surface area contributed by atoms with Crippen LogP contribution in [0.3, 0.4) is 0 Å². The molecule has 2 heterocycles. The summed E-state index contributed by atoms with van der Waals surface area (Å²) in [5.74, 6) is 1.94. The van der Waals surface area contributed by atoms with E-state index in [2.05, 4.69) is 25.5 Å². The molecule has 0 aliphatic carbocycles. The van der Waals surface area contributed by atoms with Crippen molar-refractivity contribution in [1.82, 2.24) is 20.2 Å². The molecule has 0 bridgehead atoms. The molecule has 2 aromatic heterocycles. The summed E-state index contributed by atoms with van der Waals surface area (Å²) >= 11 is 0. The Morgan fingerprint density at radius 3 is 2.48 bits per heavy atom. The molecule has 0 spiro atoms. The first-order valence-corrected chi connectivity index (χ1v) is 8.16. The number of hydrogen-bond donors (Lipinski definition) is 1. The molecule has 0 saturated heterocycles. The highest BCUT2D eigenvalue weighted by Crippen LogP contribution is 2.26. The monoisotopic (exact) mass is 331 g/mol. The van der Waals surface area contributed by atoms with Crippen molar-refractivity contribution in [3.05, 3.63) is 54.1 Å². The van der Waals surface area contributed by atoms with Crippen molar-refractivity contribution in [3.63, 3.8) is 0 Å². The Balaban J connectivity index is 1.78. The number of anilines is 1. The van der Waals surface area contributed by atoms with E-state index in [0.717, 1.165) is 28.8 Å². The van der Waals surface area contributed by atoms with E-state index in [9.17, 15) is 0 Å². The minimum Gasteiger partial charge on any atom is -0.413 e. The maximum absolute atomic E-state index is 5.80. The molecule has 0 aliphatic rings. The van der Waals surface area contributed by atoms with Crippen LogP contribution in [0.25, 0.3) is 34.1 Å². The van der Waals surface area contributed by atoms with Crippen molar-refractivity contribution in [2.45, 2.75) is 13.8 Å². The van der Waals surface area contributed by atoms with Crippen molar-refractivity contribution >= 4 is 16.7 Å². The highest BCUT2D eigenvalue weighted by Gasteiger charge is 2.15. The van der Waals surface area contributed by atoms with Crippen molar-refractivity contribution in [3.8, 4) is 23.2 Å². The Hall–Kier alpha value is -3.28. The average Bonchev–Trinajstić information content (AvgIpc) is 3.13. The predicted octanol–water partition coefficient (Wildman–Crippen LogP) is 4.09. The van der Waals surface area contributed by atoms with Crippen molar-refractivity contribution in [2.24, 2.45) is 0 Å². The summed E-state index contributed by atoms with van der Waals surface area (Å²) in [6, 6.07) is 15.8. The van der Waals surface area contributed by atoms with Crippen LogP contribution in [-0.2, 0) is 0 Å². The van der Waals surface area contributed by atoms with E-state index >= 15 is 0 Å². The Labute approximate surface area is 145 Å². The van der Waals surface area contributed by atoms with Gasteiger partial charge in [0.05, 0.1) is 5.52 Å². The lowest BCUT2D eigenvalue weighted by Crippen LogP contribution is -2.03. The van der Waals surface area contributed by atoms with Gasteiger partial charge in [-0.2, -0.15) is 0 Å². The lowest BCUT2D eigenvalue weighted by Gasteiger charge is -2.07.